The van der Waals surface area contributed by atoms with Crippen LogP contribution in [0.25, 0.3) is 11.1 Å². The highest BCUT2D eigenvalue weighted by atomic mass is 16.5. The molecule has 1 heterocycles. The average molecular weight is 238 g/mol. The molecule has 2 aromatic carbocycles. The third-order valence-corrected chi connectivity index (χ3v) is 3.17. The third-order valence-electron chi connectivity index (χ3n) is 3.17. The van der Waals surface area contributed by atoms with Gasteiger partial charge < -0.3 is 4.74 Å². The van der Waals surface area contributed by atoms with Gasteiger partial charge in [-0.2, -0.15) is 0 Å². The van der Waals surface area contributed by atoms with E-state index >= 15 is 0 Å². The Morgan fingerprint density at radius 2 is 1.83 bits per heavy atom. The molecule has 0 saturated carbocycles. The molecule has 2 nitrogen and oxygen atoms in total. The van der Waals surface area contributed by atoms with Crippen molar-refractivity contribution < 1.29 is 4.74 Å². The Hall–Kier alpha value is -1.96. The van der Waals surface area contributed by atoms with Crippen LogP contribution in [-0.4, -0.2) is 6.61 Å². The summed E-state index contributed by atoms with van der Waals surface area (Å²) >= 11 is 0. The zero-order chi connectivity index (χ0) is 12.4. The first-order valence-electron chi connectivity index (χ1n) is 6.46. The lowest BCUT2D eigenvalue weighted by Gasteiger charge is -2.07. The fourth-order valence-electron chi connectivity index (χ4n) is 2.18. The van der Waals surface area contributed by atoms with Crippen molar-refractivity contribution in [3.05, 3.63) is 42.5 Å². The maximum atomic E-state index is 5.75. The van der Waals surface area contributed by atoms with E-state index in [4.69, 9.17) is 4.74 Å². The molecule has 0 bridgehead atoms. The molecule has 91 valence electrons. The van der Waals surface area contributed by atoms with Crippen molar-refractivity contribution in [3.63, 3.8) is 0 Å². The van der Waals surface area contributed by atoms with Gasteiger partial charge in [0.2, 0.25) is 0 Å². The van der Waals surface area contributed by atoms with Gasteiger partial charge in [-0.1, -0.05) is 31.5 Å². The smallest absolute Gasteiger partial charge is 0.120 e. The maximum Gasteiger partial charge on any atom is 0.120 e. The van der Waals surface area contributed by atoms with Gasteiger partial charge in [0.1, 0.15) is 5.75 Å². The van der Waals surface area contributed by atoms with Gasteiger partial charge in [0, 0.05) is 11.1 Å². The molecule has 1 aliphatic heterocycles. The molecule has 0 aliphatic carbocycles. The van der Waals surface area contributed by atoms with E-state index in [0.717, 1.165) is 36.6 Å². The summed E-state index contributed by atoms with van der Waals surface area (Å²) < 4.78 is 5.75. The highest BCUT2D eigenvalue weighted by Crippen LogP contribution is 2.43. The number of nitrogens with zero attached hydrogens (tertiary/aromatic N) is 1. The van der Waals surface area contributed by atoms with Crippen LogP contribution < -0.4 is 10.1 Å². The summed E-state index contributed by atoms with van der Waals surface area (Å²) in [6, 6.07) is 14.4. The van der Waals surface area contributed by atoms with Gasteiger partial charge in [-0.3, -0.25) is 0 Å². The zero-order valence-corrected chi connectivity index (χ0v) is 10.5. The summed E-state index contributed by atoms with van der Waals surface area (Å²) in [5.41, 5.74) is 4.48. The lowest BCUT2D eigenvalue weighted by molar-refractivity contribution is 0.309. The number of hydrogen-bond donors (Lipinski definition) is 0. The van der Waals surface area contributed by atoms with Crippen LogP contribution in [-0.2, 0) is 0 Å². The van der Waals surface area contributed by atoms with Crippen LogP contribution >= 0.6 is 0 Å². The Labute approximate surface area is 108 Å². The van der Waals surface area contributed by atoms with E-state index in [1.54, 1.807) is 0 Å². The van der Waals surface area contributed by atoms with Crippen molar-refractivity contribution in [1.29, 1.82) is 0 Å². The second kappa shape index (κ2) is 4.73. The van der Waals surface area contributed by atoms with Crippen molar-refractivity contribution in [1.82, 2.24) is 5.32 Å². The fourth-order valence-corrected chi connectivity index (χ4v) is 2.18. The Morgan fingerprint density at radius 1 is 1.00 bits per heavy atom. The predicted molar refractivity (Wildman–Crippen MR) is 73.7 cm³/mol. The number of hydrogen-bond acceptors (Lipinski definition) is 1. The second-order valence-corrected chi connectivity index (χ2v) is 4.51. The Morgan fingerprint density at radius 3 is 2.72 bits per heavy atom. The molecule has 0 N–H and O–H groups in total. The Kier molecular flexibility index (Phi) is 2.93. The Balaban J connectivity index is 1.88. The summed E-state index contributed by atoms with van der Waals surface area (Å²) in [5, 5.41) is 4.60. The molecule has 0 amide bonds. The van der Waals surface area contributed by atoms with Crippen LogP contribution in [0.2, 0.25) is 0 Å². The summed E-state index contributed by atoms with van der Waals surface area (Å²) in [5.74, 6) is 0.939. The number of para-hydroxylation sites is 1. The van der Waals surface area contributed by atoms with Gasteiger partial charge in [0.05, 0.1) is 18.0 Å². The van der Waals surface area contributed by atoms with Gasteiger partial charge in [-0.25, -0.2) is 5.32 Å². The molecule has 1 radical (unpaired) electrons. The van der Waals surface area contributed by atoms with E-state index in [1.807, 2.05) is 30.3 Å². The van der Waals surface area contributed by atoms with Crippen molar-refractivity contribution in [2.45, 2.75) is 19.8 Å². The molecular weight excluding hydrogens is 222 g/mol. The topological polar surface area (TPSA) is 23.3 Å². The molecule has 0 atom stereocenters. The lowest BCUT2D eigenvalue weighted by atomic mass is 10.1. The minimum absolute atomic E-state index is 0.786. The summed E-state index contributed by atoms with van der Waals surface area (Å²) in [7, 11) is 0. The van der Waals surface area contributed by atoms with E-state index in [1.165, 1.54) is 11.1 Å². The van der Waals surface area contributed by atoms with Gasteiger partial charge in [0.15, 0.2) is 0 Å². The predicted octanol–water partition coefficient (Wildman–Crippen LogP) is 4.41. The number of benzene rings is 2. The molecule has 0 fully saturated rings. The molecule has 0 unspecified atom stereocenters. The summed E-state index contributed by atoms with van der Waals surface area (Å²) in [4.78, 5) is 0. The van der Waals surface area contributed by atoms with Crippen molar-refractivity contribution in [2.75, 3.05) is 6.61 Å². The summed E-state index contributed by atoms with van der Waals surface area (Å²) in [6.07, 6.45) is 2.25. The number of unbranched alkanes of at least 4 members (excludes halogenated alkanes) is 1. The van der Waals surface area contributed by atoms with Crippen LogP contribution in [0.1, 0.15) is 19.8 Å². The van der Waals surface area contributed by atoms with Gasteiger partial charge in [-0.05, 0) is 30.7 Å². The fraction of sp³-hybridized carbons (Fsp3) is 0.250. The first kappa shape index (κ1) is 11.1. The summed E-state index contributed by atoms with van der Waals surface area (Å²) in [6.45, 7) is 2.95. The average Bonchev–Trinajstić information content (AvgIpc) is 2.77. The first-order chi connectivity index (χ1) is 8.88. The van der Waals surface area contributed by atoms with Crippen LogP contribution in [0.5, 0.6) is 5.75 Å². The van der Waals surface area contributed by atoms with Crippen LogP contribution in [0.15, 0.2) is 42.5 Å². The third kappa shape index (κ3) is 1.94. The van der Waals surface area contributed by atoms with Gasteiger partial charge >= 0.3 is 0 Å². The molecule has 0 saturated heterocycles. The second-order valence-electron chi connectivity index (χ2n) is 4.51. The molecule has 3 rings (SSSR count). The molecular formula is C16H16NO. The highest BCUT2D eigenvalue weighted by molar-refractivity contribution is 5.91. The largest absolute Gasteiger partial charge is 0.494 e. The van der Waals surface area contributed by atoms with Crippen molar-refractivity contribution in [2.24, 2.45) is 0 Å². The van der Waals surface area contributed by atoms with E-state index in [2.05, 4.69) is 24.4 Å². The Bertz CT molecular complexity index is 563. The van der Waals surface area contributed by atoms with Crippen LogP contribution in [0.4, 0.5) is 11.4 Å². The standard InChI is InChI=1S/C16H16NO/c1-2-3-10-18-12-8-9-16-14(11-12)13-6-4-5-7-15(13)17-16/h4-9,11H,2-3,10H2,1H3. The number of ether oxygens (including phenoxy) is 1. The zero-order valence-electron chi connectivity index (χ0n) is 10.5. The minimum Gasteiger partial charge on any atom is -0.494 e. The van der Waals surface area contributed by atoms with E-state index in [0.29, 0.717) is 0 Å². The van der Waals surface area contributed by atoms with Crippen LogP contribution in [0, 0.1) is 0 Å². The SMILES string of the molecule is CCCCOc1ccc2c(c1)-c1ccccc1[N]2. The lowest BCUT2D eigenvalue weighted by Crippen LogP contribution is -1.96. The normalized spacial score (nSPS) is 11.6. The van der Waals surface area contributed by atoms with Crippen molar-refractivity contribution >= 4 is 11.4 Å². The van der Waals surface area contributed by atoms with Crippen molar-refractivity contribution in [3.8, 4) is 16.9 Å². The number of fused-ring (bicyclic) bond motifs is 3. The molecule has 2 aromatic rings. The first-order valence-corrected chi connectivity index (χ1v) is 6.46. The monoisotopic (exact) mass is 238 g/mol. The molecule has 1 aliphatic rings. The quantitative estimate of drug-likeness (QED) is 0.617. The van der Waals surface area contributed by atoms with E-state index < -0.39 is 0 Å². The maximum absolute atomic E-state index is 5.75. The highest BCUT2D eigenvalue weighted by Gasteiger charge is 2.19. The van der Waals surface area contributed by atoms with Gasteiger partial charge in [-0.15, -0.1) is 0 Å². The molecule has 0 aromatic heterocycles. The molecule has 18 heavy (non-hydrogen) atoms. The van der Waals surface area contributed by atoms with E-state index in [-0.39, 0.29) is 0 Å². The molecule has 0 spiro atoms. The molecule has 2 heteroatoms. The minimum atomic E-state index is 0.786. The van der Waals surface area contributed by atoms with Crippen LogP contribution in [0.3, 0.4) is 0 Å². The number of rotatable bonds is 4. The van der Waals surface area contributed by atoms with Gasteiger partial charge in [0.25, 0.3) is 0 Å². The van der Waals surface area contributed by atoms with E-state index in [9.17, 15) is 0 Å².